The first-order valence-corrected chi connectivity index (χ1v) is 5.98. The minimum absolute atomic E-state index is 0.0840. The summed E-state index contributed by atoms with van der Waals surface area (Å²) in [5.74, 6) is -0.904. The van der Waals surface area contributed by atoms with Crippen molar-refractivity contribution in [3.05, 3.63) is 0 Å². The van der Waals surface area contributed by atoms with E-state index < -0.39 is 17.4 Å². The van der Waals surface area contributed by atoms with Gasteiger partial charge >= 0.3 is 5.97 Å². The molecule has 0 aromatic carbocycles. The van der Waals surface area contributed by atoms with E-state index in [9.17, 15) is 14.4 Å². The Morgan fingerprint density at radius 2 is 2.18 bits per heavy atom. The maximum Gasteiger partial charge on any atom is 0.331 e. The number of unbranched alkanes of at least 4 members (excludes halogenated alkanes) is 1. The van der Waals surface area contributed by atoms with Crippen LogP contribution in [-0.4, -0.2) is 29.8 Å². The van der Waals surface area contributed by atoms with Gasteiger partial charge in [-0.05, 0) is 13.3 Å². The van der Waals surface area contributed by atoms with Crippen LogP contribution in [0.5, 0.6) is 0 Å². The number of Topliss-reactive ketones (excluding diaryl/α,β-unsaturated/α-hetero) is 1. The predicted octanol–water partition coefficient (Wildman–Crippen LogP) is 0.958. The van der Waals surface area contributed by atoms with E-state index in [1.807, 2.05) is 6.92 Å². The number of carbonyl (C=O) groups excluding carboxylic acids is 3. The fraction of sp³-hybridized carbons (Fsp3) is 0.750. The van der Waals surface area contributed by atoms with Gasteiger partial charge in [-0.15, -0.1) is 0 Å². The Labute approximate surface area is 101 Å². The summed E-state index contributed by atoms with van der Waals surface area (Å²) in [6.45, 7) is 3.93. The largest absolute Gasteiger partial charge is 0.464 e. The van der Waals surface area contributed by atoms with E-state index in [0.717, 1.165) is 12.8 Å². The van der Waals surface area contributed by atoms with E-state index in [-0.39, 0.29) is 12.2 Å². The molecule has 1 N–H and O–H groups in total. The molecule has 1 rings (SSSR count). The number of esters is 1. The Morgan fingerprint density at radius 3 is 2.71 bits per heavy atom. The molecule has 0 aromatic rings. The van der Waals surface area contributed by atoms with E-state index >= 15 is 0 Å². The molecule has 0 aromatic heterocycles. The van der Waals surface area contributed by atoms with Crippen LogP contribution in [0.4, 0.5) is 0 Å². The topological polar surface area (TPSA) is 72.5 Å². The first-order chi connectivity index (χ1) is 7.98. The van der Waals surface area contributed by atoms with Crippen LogP contribution >= 0.6 is 0 Å². The van der Waals surface area contributed by atoms with Gasteiger partial charge in [0.2, 0.25) is 5.91 Å². The van der Waals surface area contributed by atoms with Gasteiger partial charge in [0.15, 0.2) is 0 Å². The van der Waals surface area contributed by atoms with Gasteiger partial charge in [-0.25, -0.2) is 4.79 Å². The lowest BCUT2D eigenvalue weighted by molar-refractivity contribution is -0.145. The average Bonchev–Trinajstić information content (AvgIpc) is 2.55. The highest BCUT2D eigenvalue weighted by Gasteiger charge is 2.41. The molecule has 5 nitrogen and oxygen atoms in total. The molecule has 0 bridgehead atoms. The van der Waals surface area contributed by atoms with Crippen LogP contribution in [0.3, 0.4) is 0 Å². The number of hydrogen-bond donors (Lipinski definition) is 1. The van der Waals surface area contributed by atoms with Gasteiger partial charge in [0.25, 0.3) is 0 Å². The van der Waals surface area contributed by atoms with Crippen LogP contribution in [0, 0.1) is 0 Å². The van der Waals surface area contributed by atoms with Gasteiger partial charge in [-0.3, -0.25) is 9.59 Å². The Bertz CT molecular complexity index is 326. The Balaban J connectivity index is 2.39. The summed E-state index contributed by atoms with van der Waals surface area (Å²) in [5, 5.41) is 2.58. The maximum atomic E-state index is 11.6. The molecule has 17 heavy (non-hydrogen) atoms. The lowest BCUT2D eigenvalue weighted by atomic mass is 10.0. The molecule has 0 radical (unpaired) electrons. The standard InChI is InChI=1S/C12H19NO4/c1-3-4-5-9(14)8-10(15)13-12(2)6-7-17-11(12)16/h3-8H2,1-2H3,(H,13,15). The van der Waals surface area contributed by atoms with Crippen LogP contribution in [0.15, 0.2) is 0 Å². The van der Waals surface area contributed by atoms with Crippen LogP contribution in [0.1, 0.15) is 46.0 Å². The molecular weight excluding hydrogens is 222 g/mol. The Kier molecular flexibility index (Phi) is 4.66. The number of amides is 1. The van der Waals surface area contributed by atoms with Gasteiger partial charge in [0.1, 0.15) is 11.3 Å². The van der Waals surface area contributed by atoms with Crippen molar-refractivity contribution >= 4 is 17.7 Å². The molecule has 0 aliphatic carbocycles. The number of carbonyl (C=O) groups is 3. The van der Waals surface area contributed by atoms with Gasteiger partial charge in [0.05, 0.1) is 13.0 Å². The molecule has 1 aliphatic rings. The highest BCUT2D eigenvalue weighted by molar-refractivity contribution is 6.00. The summed E-state index contributed by atoms with van der Waals surface area (Å²) < 4.78 is 4.80. The maximum absolute atomic E-state index is 11.6. The zero-order valence-corrected chi connectivity index (χ0v) is 10.4. The molecule has 1 aliphatic heterocycles. The lowest BCUT2D eigenvalue weighted by Crippen LogP contribution is -2.49. The van der Waals surface area contributed by atoms with E-state index in [0.29, 0.717) is 19.4 Å². The third-order valence-electron chi connectivity index (χ3n) is 2.87. The zero-order valence-electron chi connectivity index (χ0n) is 10.4. The van der Waals surface area contributed by atoms with Crippen molar-refractivity contribution in [2.45, 2.75) is 51.5 Å². The number of ketones is 1. The fourth-order valence-electron chi connectivity index (χ4n) is 1.72. The lowest BCUT2D eigenvalue weighted by Gasteiger charge is -2.20. The van der Waals surface area contributed by atoms with Crippen molar-refractivity contribution in [1.82, 2.24) is 5.32 Å². The van der Waals surface area contributed by atoms with Gasteiger partial charge in [0, 0.05) is 12.8 Å². The normalized spacial score (nSPS) is 23.3. The van der Waals surface area contributed by atoms with Crippen LogP contribution in [-0.2, 0) is 19.1 Å². The third-order valence-corrected chi connectivity index (χ3v) is 2.87. The molecule has 1 amide bonds. The number of hydrogen-bond acceptors (Lipinski definition) is 4. The van der Waals surface area contributed by atoms with Crippen molar-refractivity contribution in [3.8, 4) is 0 Å². The predicted molar refractivity (Wildman–Crippen MR) is 61.3 cm³/mol. The first-order valence-electron chi connectivity index (χ1n) is 5.98. The molecule has 0 saturated carbocycles. The number of cyclic esters (lactones) is 1. The molecule has 96 valence electrons. The van der Waals surface area contributed by atoms with Crippen LogP contribution < -0.4 is 5.32 Å². The van der Waals surface area contributed by atoms with Crippen molar-refractivity contribution in [1.29, 1.82) is 0 Å². The average molecular weight is 241 g/mol. The fourth-order valence-corrected chi connectivity index (χ4v) is 1.72. The minimum Gasteiger partial charge on any atom is -0.464 e. The molecule has 1 fully saturated rings. The second kappa shape index (κ2) is 5.80. The van der Waals surface area contributed by atoms with E-state index in [1.54, 1.807) is 6.92 Å². The highest BCUT2D eigenvalue weighted by Crippen LogP contribution is 2.19. The summed E-state index contributed by atoms with van der Waals surface area (Å²) in [5.41, 5.74) is -0.956. The monoisotopic (exact) mass is 241 g/mol. The second-order valence-electron chi connectivity index (χ2n) is 4.59. The van der Waals surface area contributed by atoms with Crippen molar-refractivity contribution in [3.63, 3.8) is 0 Å². The van der Waals surface area contributed by atoms with Crippen LogP contribution in [0.25, 0.3) is 0 Å². The summed E-state index contributed by atoms with van der Waals surface area (Å²) >= 11 is 0. The van der Waals surface area contributed by atoms with E-state index in [4.69, 9.17) is 4.74 Å². The second-order valence-corrected chi connectivity index (χ2v) is 4.59. The summed E-state index contributed by atoms with van der Waals surface area (Å²) in [6.07, 6.45) is 2.46. The van der Waals surface area contributed by atoms with Gasteiger partial charge in [-0.1, -0.05) is 13.3 Å². The van der Waals surface area contributed by atoms with Gasteiger partial charge < -0.3 is 10.1 Å². The zero-order chi connectivity index (χ0) is 12.9. The molecule has 1 heterocycles. The molecule has 0 spiro atoms. The third kappa shape index (κ3) is 3.84. The SMILES string of the molecule is CCCCC(=O)CC(=O)NC1(C)CCOC1=O. The van der Waals surface area contributed by atoms with E-state index in [1.165, 1.54) is 0 Å². The Hall–Kier alpha value is -1.39. The van der Waals surface area contributed by atoms with E-state index in [2.05, 4.69) is 5.32 Å². The minimum atomic E-state index is -0.956. The van der Waals surface area contributed by atoms with Crippen molar-refractivity contribution in [2.24, 2.45) is 0 Å². The van der Waals surface area contributed by atoms with Crippen molar-refractivity contribution < 1.29 is 19.1 Å². The quantitative estimate of drug-likeness (QED) is 0.555. The number of rotatable bonds is 6. The molecule has 1 saturated heterocycles. The number of nitrogens with one attached hydrogen (secondary N) is 1. The molecule has 1 atom stereocenters. The summed E-state index contributed by atoms with van der Waals surface area (Å²) in [6, 6.07) is 0. The van der Waals surface area contributed by atoms with Crippen molar-refractivity contribution in [2.75, 3.05) is 6.61 Å². The smallest absolute Gasteiger partial charge is 0.331 e. The highest BCUT2D eigenvalue weighted by atomic mass is 16.5. The van der Waals surface area contributed by atoms with Gasteiger partial charge in [-0.2, -0.15) is 0 Å². The summed E-state index contributed by atoms with van der Waals surface area (Å²) in [4.78, 5) is 34.3. The number of ether oxygens (including phenoxy) is 1. The molecule has 1 unspecified atom stereocenters. The molecule has 5 heteroatoms. The Morgan fingerprint density at radius 1 is 1.47 bits per heavy atom. The first kappa shape index (κ1) is 13.7. The van der Waals surface area contributed by atoms with Crippen LogP contribution in [0.2, 0.25) is 0 Å². The molecular formula is C12H19NO4. The summed E-state index contributed by atoms with van der Waals surface area (Å²) in [7, 11) is 0.